The Bertz CT molecular complexity index is 970. The number of hydrogen-bond donors (Lipinski definition) is 1. The second-order valence-corrected chi connectivity index (χ2v) is 9.25. The number of likely N-dealkylation sites (tertiary alicyclic amines) is 1. The van der Waals surface area contributed by atoms with Gasteiger partial charge >= 0.3 is 6.03 Å². The zero-order chi connectivity index (χ0) is 22.6. The van der Waals surface area contributed by atoms with Crippen LogP contribution in [0.25, 0.3) is 0 Å². The average molecular weight is 453 g/mol. The molecule has 0 spiro atoms. The van der Waals surface area contributed by atoms with Crippen molar-refractivity contribution in [1.29, 1.82) is 0 Å². The smallest absolute Gasteiger partial charge is 0.325 e. The van der Waals surface area contributed by atoms with Crippen molar-refractivity contribution in [3.63, 3.8) is 0 Å². The summed E-state index contributed by atoms with van der Waals surface area (Å²) in [6, 6.07) is 9.05. The van der Waals surface area contributed by atoms with Crippen molar-refractivity contribution in [3.8, 4) is 0 Å². The molecule has 2 aromatic heterocycles. The fraction of sp³-hybridized carbons (Fsp3) is 0.417. The SMILES string of the molecule is C=CCCC(=O)N1CCC(C2(c3ccccn3)NC(=O)N(CCc3cccs3)C2=O)CC1. The maximum atomic E-state index is 13.8. The van der Waals surface area contributed by atoms with Gasteiger partial charge in [-0.3, -0.25) is 19.5 Å². The molecule has 1 unspecified atom stereocenters. The van der Waals surface area contributed by atoms with Gasteiger partial charge in [0.05, 0.1) is 5.69 Å². The van der Waals surface area contributed by atoms with E-state index in [0.717, 1.165) is 4.88 Å². The van der Waals surface area contributed by atoms with Crippen molar-refractivity contribution >= 4 is 29.2 Å². The third kappa shape index (κ3) is 4.19. The number of aromatic nitrogens is 1. The Morgan fingerprint density at radius 3 is 2.72 bits per heavy atom. The predicted molar refractivity (Wildman–Crippen MR) is 123 cm³/mol. The molecule has 7 nitrogen and oxygen atoms in total. The van der Waals surface area contributed by atoms with E-state index in [1.165, 1.54) is 4.90 Å². The number of piperidine rings is 1. The molecular formula is C24H28N4O3S. The standard InChI is InChI=1S/C24H28N4O3S/c1-2-3-9-21(29)27-14-10-18(11-15-27)24(20-8-4-5-13-25-20)22(30)28(23(31)26-24)16-12-19-7-6-17-32-19/h2,4-8,13,17-18H,1,3,9-12,14-16H2,(H,26,31). The molecule has 2 aliphatic rings. The third-order valence-corrected chi connectivity index (χ3v) is 7.32. The number of imide groups is 1. The Hall–Kier alpha value is -3.00. The molecule has 1 N–H and O–H groups in total. The molecule has 32 heavy (non-hydrogen) atoms. The molecule has 2 fully saturated rings. The van der Waals surface area contributed by atoms with Crippen molar-refractivity contribution in [3.05, 3.63) is 65.1 Å². The molecule has 2 saturated heterocycles. The minimum atomic E-state index is -1.19. The molecule has 0 saturated carbocycles. The van der Waals surface area contributed by atoms with Crippen LogP contribution < -0.4 is 5.32 Å². The van der Waals surface area contributed by atoms with Crippen LogP contribution in [0, 0.1) is 5.92 Å². The number of nitrogens with zero attached hydrogens (tertiary/aromatic N) is 3. The Balaban J connectivity index is 1.55. The van der Waals surface area contributed by atoms with Crippen LogP contribution in [0.2, 0.25) is 0 Å². The highest BCUT2D eigenvalue weighted by Crippen LogP contribution is 2.40. The van der Waals surface area contributed by atoms with E-state index in [1.807, 2.05) is 34.5 Å². The van der Waals surface area contributed by atoms with Gasteiger partial charge in [0, 0.05) is 43.0 Å². The summed E-state index contributed by atoms with van der Waals surface area (Å²) < 4.78 is 0. The molecule has 4 rings (SSSR count). The molecule has 168 valence electrons. The summed E-state index contributed by atoms with van der Waals surface area (Å²) in [6.07, 6.45) is 6.39. The van der Waals surface area contributed by atoms with Gasteiger partial charge in [0.1, 0.15) is 0 Å². The second-order valence-electron chi connectivity index (χ2n) is 8.22. The quantitative estimate of drug-likeness (QED) is 0.492. The number of rotatable bonds is 8. The first kappa shape index (κ1) is 22.2. The maximum absolute atomic E-state index is 13.8. The molecule has 0 bridgehead atoms. The van der Waals surface area contributed by atoms with Gasteiger partial charge in [0.25, 0.3) is 5.91 Å². The number of hydrogen-bond acceptors (Lipinski definition) is 5. The molecule has 4 heterocycles. The van der Waals surface area contributed by atoms with Gasteiger partial charge in [-0.25, -0.2) is 4.79 Å². The van der Waals surface area contributed by atoms with E-state index >= 15 is 0 Å². The number of carbonyl (C=O) groups excluding carboxylic acids is 3. The van der Waals surface area contributed by atoms with E-state index in [4.69, 9.17) is 0 Å². The maximum Gasteiger partial charge on any atom is 0.325 e. The first-order chi connectivity index (χ1) is 15.6. The van der Waals surface area contributed by atoms with Crippen LogP contribution in [0.1, 0.15) is 36.3 Å². The topological polar surface area (TPSA) is 82.6 Å². The van der Waals surface area contributed by atoms with Crippen LogP contribution in [0.4, 0.5) is 4.79 Å². The Kier molecular flexibility index (Phi) is 6.69. The summed E-state index contributed by atoms with van der Waals surface area (Å²) in [5, 5.41) is 5.01. The third-order valence-electron chi connectivity index (χ3n) is 6.38. The lowest BCUT2D eigenvalue weighted by Crippen LogP contribution is -2.54. The van der Waals surface area contributed by atoms with E-state index in [2.05, 4.69) is 16.9 Å². The number of urea groups is 1. The molecule has 2 aliphatic heterocycles. The Morgan fingerprint density at radius 1 is 1.25 bits per heavy atom. The lowest BCUT2D eigenvalue weighted by atomic mass is 9.75. The number of nitrogens with one attached hydrogen (secondary N) is 1. The first-order valence-electron chi connectivity index (χ1n) is 11.0. The van der Waals surface area contributed by atoms with Crippen molar-refractivity contribution in [2.24, 2.45) is 5.92 Å². The highest BCUT2D eigenvalue weighted by molar-refractivity contribution is 7.09. The molecule has 0 aromatic carbocycles. The fourth-order valence-electron chi connectivity index (χ4n) is 4.68. The van der Waals surface area contributed by atoms with E-state index in [-0.39, 0.29) is 23.8 Å². The lowest BCUT2D eigenvalue weighted by molar-refractivity contribution is -0.136. The fourth-order valence-corrected chi connectivity index (χ4v) is 5.37. The van der Waals surface area contributed by atoms with Crippen LogP contribution in [-0.2, 0) is 21.5 Å². The van der Waals surface area contributed by atoms with Crippen LogP contribution in [0.3, 0.4) is 0 Å². The van der Waals surface area contributed by atoms with E-state index < -0.39 is 5.54 Å². The summed E-state index contributed by atoms with van der Waals surface area (Å²) in [4.78, 5) is 47.9. The number of allylic oxidation sites excluding steroid dienone is 1. The minimum absolute atomic E-state index is 0.106. The minimum Gasteiger partial charge on any atom is -0.343 e. The molecule has 2 aromatic rings. The van der Waals surface area contributed by atoms with Gasteiger partial charge in [-0.2, -0.15) is 0 Å². The summed E-state index contributed by atoms with van der Waals surface area (Å²) in [5.41, 5.74) is -0.627. The lowest BCUT2D eigenvalue weighted by Gasteiger charge is -2.40. The molecule has 4 amide bonds. The number of thiophene rings is 1. The number of carbonyl (C=O) groups is 3. The molecule has 1 atom stereocenters. The molecule has 0 aliphatic carbocycles. The molecule has 0 radical (unpaired) electrons. The van der Waals surface area contributed by atoms with Gasteiger partial charge in [-0.15, -0.1) is 17.9 Å². The highest BCUT2D eigenvalue weighted by atomic mass is 32.1. The molecular weight excluding hydrogens is 424 g/mol. The Labute approximate surface area is 192 Å². The van der Waals surface area contributed by atoms with Gasteiger partial charge < -0.3 is 10.2 Å². The van der Waals surface area contributed by atoms with Gasteiger partial charge in [0.2, 0.25) is 5.91 Å². The van der Waals surface area contributed by atoms with Gasteiger partial charge in [-0.05, 0) is 49.3 Å². The van der Waals surface area contributed by atoms with Crippen molar-refractivity contribution < 1.29 is 14.4 Å². The van der Waals surface area contributed by atoms with E-state index in [9.17, 15) is 14.4 Å². The largest absolute Gasteiger partial charge is 0.343 e. The zero-order valence-corrected chi connectivity index (χ0v) is 18.9. The van der Waals surface area contributed by atoms with Crippen molar-refractivity contribution in [1.82, 2.24) is 20.1 Å². The van der Waals surface area contributed by atoms with Crippen LogP contribution >= 0.6 is 11.3 Å². The summed E-state index contributed by atoms with van der Waals surface area (Å²) in [5.74, 6) is -0.271. The zero-order valence-electron chi connectivity index (χ0n) is 18.0. The second kappa shape index (κ2) is 9.65. The molecule has 8 heteroatoms. The normalized spacial score (nSPS) is 21.6. The monoisotopic (exact) mass is 452 g/mol. The van der Waals surface area contributed by atoms with Crippen LogP contribution in [-0.4, -0.2) is 52.3 Å². The van der Waals surface area contributed by atoms with Crippen molar-refractivity contribution in [2.75, 3.05) is 19.6 Å². The highest BCUT2D eigenvalue weighted by Gasteiger charge is 2.58. The number of amides is 4. The van der Waals surface area contributed by atoms with Gasteiger partial charge in [0.15, 0.2) is 5.54 Å². The Morgan fingerprint density at radius 2 is 2.06 bits per heavy atom. The van der Waals surface area contributed by atoms with Gasteiger partial charge in [-0.1, -0.05) is 18.2 Å². The summed E-state index contributed by atoms with van der Waals surface area (Å²) >= 11 is 1.62. The summed E-state index contributed by atoms with van der Waals surface area (Å²) in [6.45, 7) is 5.14. The predicted octanol–water partition coefficient (Wildman–Crippen LogP) is 3.34. The average Bonchev–Trinajstić information content (AvgIpc) is 3.43. The summed E-state index contributed by atoms with van der Waals surface area (Å²) in [7, 11) is 0. The van der Waals surface area contributed by atoms with E-state index in [1.54, 1.807) is 29.7 Å². The number of pyridine rings is 1. The van der Waals surface area contributed by atoms with E-state index in [0.29, 0.717) is 57.4 Å². The van der Waals surface area contributed by atoms with Crippen LogP contribution in [0.5, 0.6) is 0 Å². The van der Waals surface area contributed by atoms with Crippen molar-refractivity contribution in [2.45, 2.75) is 37.6 Å². The van der Waals surface area contributed by atoms with Crippen LogP contribution in [0.15, 0.2) is 54.6 Å². The first-order valence-corrected chi connectivity index (χ1v) is 11.9.